The number of halogens is 3. The molecule has 0 bridgehead atoms. The number of benzene rings is 3. The lowest BCUT2D eigenvalue weighted by Gasteiger charge is -2.05. The summed E-state index contributed by atoms with van der Waals surface area (Å²) in [6, 6.07) is 22.0. The molecule has 5 aromatic rings. The minimum absolute atomic E-state index is 0.312. The van der Waals surface area contributed by atoms with E-state index in [1.807, 2.05) is 30.3 Å². The third-order valence-corrected chi connectivity index (χ3v) is 6.75. The molecule has 0 saturated carbocycles. The number of hydrogen-bond donors (Lipinski definition) is 1. The van der Waals surface area contributed by atoms with Crippen LogP contribution in [0.1, 0.15) is 5.76 Å². The maximum atomic E-state index is 12.4. The van der Waals surface area contributed by atoms with Gasteiger partial charge in [0.2, 0.25) is 5.91 Å². The average molecular weight is 526 g/mol. The summed E-state index contributed by atoms with van der Waals surface area (Å²) in [5.74, 6) is 0.805. The van der Waals surface area contributed by atoms with Crippen LogP contribution in [-0.2, 0) is 4.79 Å². The van der Waals surface area contributed by atoms with Gasteiger partial charge in [0.25, 0.3) is 0 Å². The number of hydrogen-bond acceptors (Lipinski definition) is 4. The van der Waals surface area contributed by atoms with E-state index < -0.39 is 0 Å². The van der Waals surface area contributed by atoms with Crippen molar-refractivity contribution >= 4 is 74.0 Å². The van der Waals surface area contributed by atoms with E-state index in [1.165, 1.54) is 6.08 Å². The Labute approximate surface area is 214 Å². The van der Waals surface area contributed by atoms with E-state index in [4.69, 9.17) is 39.2 Å². The summed E-state index contributed by atoms with van der Waals surface area (Å²) in [7, 11) is 0. The minimum atomic E-state index is -0.312. The van der Waals surface area contributed by atoms with Gasteiger partial charge >= 0.3 is 0 Å². The fourth-order valence-electron chi connectivity index (χ4n) is 3.39. The van der Waals surface area contributed by atoms with Crippen molar-refractivity contribution in [3.8, 4) is 21.9 Å². The molecule has 5 rings (SSSR count). The van der Waals surface area contributed by atoms with Gasteiger partial charge in [-0.1, -0.05) is 46.9 Å². The normalized spacial score (nSPS) is 11.4. The molecule has 2 aromatic heterocycles. The van der Waals surface area contributed by atoms with Crippen molar-refractivity contribution in [2.24, 2.45) is 0 Å². The van der Waals surface area contributed by atoms with E-state index in [1.54, 1.807) is 59.9 Å². The summed E-state index contributed by atoms with van der Waals surface area (Å²) in [4.78, 5) is 17.0. The third kappa shape index (κ3) is 5.03. The Morgan fingerprint density at radius 3 is 2.50 bits per heavy atom. The number of amides is 1. The zero-order valence-electron chi connectivity index (χ0n) is 17.4. The smallest absolute Gasteiger partial charge is 0.248 e. The highest BCUT2D eigenvalue weighted by Gasteiger charge is 2.11. The zero-order chi connectivity index (χ0) is 23.7. The number of furan rings is 1. The van der Waals surface area contributed by atoms with Crippen LogP contribution in [0.5, 0.6) is 0 Å². The third-order valence-electron chi connectivity index (χ3n) is 4.93. The number of carbonyl (C=O) groups excluding carboxylic acids is 1. The first-order valence-corrected chi connectivity index (χ1v) is 12.1. The van der Waals surface area contributed by atoms with E-state index in [-0.39, 0.29) is 5.91 Å². The summed E-state index contributed by atoms with van der Waals surface area (Å²) < 4.78 is 6.87. The highest BCUT2D eigenvalue weighted by atomic mass is 35.5. The highest BCUT2D eigenvalue weighted by Crippen LogP contribution is 2.35. The molecular weight excluding hydrogens is 511 g/mol. The van der Waals surface area contributed by atoms with Gasteiger partial charge in [0.15, 0.2) is 0 Å². The predicted molar refractivity (Wildman–Crippen MR) is 142 cm³/mol. The monoisotopic (exact) mass is 524 g/mol. The molecule has 0 fully saturated rings. The molecule has 0 atom stereocenters. The molecule has 1 amide bonds. The Bertz CT molecular complexity index is 1500. The summed E-state index contributed by atoms with van der Waals surface area (Å²) in [6.07, 6.45) is 2.98. The first kappa shape index (κ1) is 22.7. The van der Waals surface area contributed by atoms with E-state index in [2.05, 4.69) is 10.3 Å². The lowest BCUT2D eigenvalue weighted by atomic mass is 10.2. The number of anilines is 1. The van der Waals surface area contributed by atoms with Crippen LogP contribution in [0.15, 0.2) is 83.3 Å². The molecule has 0 saturated heterocycles. The van der Waals surface area contributed by atoms with Crippen molar-refractivity contribution in [1.29, 1.82) is 0 Å². The molecule has 2 heterocycles. The number of para-hydroxylation sites is 1. The lowest BCUT2D eigenvalue weighted by Crippen LogP contribution is -2.07. The SMILES string of the molecule is O=C(/C=C/c1ccc(-c2cc(Cl)cc(Cl)c2)o1)Nc1ccc(-c2nc3ccccc3s2)c(Cl)c1. The summed E-state index contributed by atoms with van der Waals surface area (Å²) in [6.45, 7) is 0. The summed E-state index contributed by atoms with van der Waals surface area (Å²) in [5, 5.41) is 5.18. The molecule has 168 valence electrons. The van der Waals surface area contributed by atoms with Crippen LogP contribution < -0.4 is 5.32 Å². The molecule has 0 spiro atoms. The number of aromatic nitrogens is 1. The fourth-order valence-corrected chi connectivity index (χ4v) is 5.25. The molecule has 0 radical (unpaired) electrons. The van der Waals surface area contributed by atoms with Gasteiger partial charge in [-0.25, -0.2) is 4.98 Å². The van der Waals surface area contributed by atoms with Crippen molar-refractivity contribution in [2.45, 2.75) is 0 Å². The van der Waals surface area contributed by atoms with E-state index in [9.17, 15) is 4.79 Å². The predicted octanol–water partition coefficient (Wildman–Crippen LogP) is 8.84. The second-order valence-electron chi connectivity index (χ2n) is 7.36. The Balaban J connectivity index is 1.27. The number of nitrogens with zero attached hydrogens (tertiary/aromatic N) is 1. The van der Waals surface area contributed by atoms with Crippen LogP contribution in [0.2, 0.25) is 15.1 Å². The molecule has 4 nitrogen and oxygen atoms in total. The summed E-state index contributed by atoms with van der Waals surface area (Å²) in [5.41, 5.74) is 3.09. The van der Waals surface area contributed by atoms with Crippen molar-refractivity contribution in [2.75, 3.05) is 5.32 Å². The molecule has 0 aliphatic heterocycles. The average Bonchev–Trinajstić information content (AvgIpc) is 3.44. The van der Waals surface area contributed by atoms with Crippen LogP contribution in [0.25, 0.3) is 38.2 Å². The van der Waals surface area contributed by atoms with Gasteiger partial charge in [0, 0.05) is 32.9 Å². The Morgan fingerprint density at radius 2 is 1.74 bits per heavy atom. The minimum Gasteiger partial charge on any atom is -0.457 e. The lowest BCUT2D eigenvalue weighted by molar-refractivity contribution is -0.111. The van der Waals surface area contributed by atoms with E-state index >= 15 is 0 Å². The van der Waals surface area contributed by atoms with Crippen molar-refractivity contribution in [3.63, 3.8) is 0 Å². The van der Waals surface area contributed by atoms with Gasteiger partial charge in [0.1, 0.15) is 16.5 Å². The van der Waals surface area contributed by atoms with Crippen molar-refractivity contribution in [3.05, 3.63) is 99.7 Å². The number of thiazole rings is 1. The van der Waals surface area contributed by atoms with Crippen LogP contribution >= 0.6 is 46.1 Å². The number of carbonyl (C=O) groups is 1. The van der Waals surface area contributed by atoms with Gasteiger partial charge in [0.05, 0.1) is 15.2 Å². The maximum Gasteiger partial charge on any atom is 0.248 e. The molecule has 1 N–H and O–H groups in total. The van der Waals surface area contributed by atoms with Crippen LogP contribution in [0.4, 0.5) is 5.69 Å². The fraction of sp³-hybridized carbons (Fsp3) is 0. The Hall–Kier alpha value is -3.09. The summed E-state index contributed by atoms with van der Waals surface area (Å²) >= 11 is 20.2. The molecule has 8 heteroatoms. The van der Waals surface area contributed by atoms with Crippen molar-refractivity contribution < 1.29 is 9.21 Å². The molecule has 0 aliphatic carbocycles. The molecular formula is C26H15Cl3N2O2S. The van der Waals surface area contributed by atoms with E-state index in [0.717, 1.165) is 26.4 Å². The zero-order valence-corrected chi connectivity index (χ0v) is 20.5. The first-order chi connectivity index (χ1) is 16.4. The number of rotatable bonds is 5. The second kappa shape index (κ2) is 9.65. The maximum absolute atomic E-state index is 12.4. The first-order valence-electron chi connectivity index (χ1n) is 10.2. The Kier molecular flexibility index (Phi) is 6.44. The molecule has 3 aromatic carbocycles. The topological polar surface area (TPSA) is 55.1 Å². The van der Waals surface area contributed by atoms with Gasteiger partial charge < -0.3 is 9.73 Å². The quantitative estimate of drug-likeness (QED) is 0.233. The van der Waals surface area contributed by atoms with Crippen LogP contribution in [-0.4, -0.2) is 10.9 Å². The largest absolute Gasteiger partial charge is 0.457 e. The molecule has 0 aliphatic rings. The van der Waals surface area contributed by atoms with Gasteiger partial charge in [-0.15, -0.1) is 11.3 Å². The standard InChI is InChI=1S/C26H15Cl3N2O2S/c27-16-11-15(12-17(28)13-16)23-9-6-19(33-23)7-10-25(32)30-18-5-8-20(21(29)14-18)26-31-22-3-1-2-4-24(22)34-26/h1-14H,(H,30,32)/b10-7+. The van der Waals surface area contributed by atoms with Gasteiger partial charge in [-0.3, -0.25) is 4.79 Å². The number of fused-ring (bicyclic) bond motifs is 1. The number of nitrogens with one attached hydrogen (secondary N) is 1. The van der Waals surface area contributed by atoms with Gasteiger partial charge in [-0.2, -0.15) is 0 Å². The van der Waals surface area contributed by atoms with Crippen molar-refractivity contribution in [1.82, 2.24) is 4.98 Å². The molecule has 0 unspecified atom stereocenters. The van der Waals surface area contributed by atoms with Crippen LogP contribution in [0, 0.1) is 0 Å². The van der Waals surface area contributed by atoms with Gasteiger partial charge in [-0.05, 0) is 66.7 Å². The van der Waals surface area contributed by atoms with E-state index in [0.29, 0.717) is 32.3 Å². The molecule has 34 heavy (non-hydrogen) atoms. The Morgan fingerprint density at radius 1 is 0.941 bits per heavy atom. The van der Waals surface area contributed by atoms with Crippen LogP contribution in [0.3, 0.4) is 0 Å². The highest BCUT2D eigenvalue weighted by molar-refractivity contribution is 7.21. The second-order valence-corrected chi connectivity index (χ2v) is 9.67.